The Labute approximate surface area is 101 Å². The van der Waals surface area contributed by atoms with Gasteiger partial charge in [-0.1, -0.05) is 30.3 Å². The maximum absolute atomic E-state index is 6.14. The number of para-hydroxylation sites is 2. The molecule has 0 aliphatic carbocycles. The van der Waals surface area contributed by atoms with Crippen LogP contribution in [0.3, 0.4) is 0 Å². The average molecular weight is 224 g/mol. The van der Waals surface area contributed by atoms with Crippen LogP contribution >= 0.6 is 0 Å². The van der Waals surface area contributed by atoms with Crippen LogP contribution in [0.25, 0.3) is 21.8 Å². The highest BCUT2D eigenvalue weighted by Gasteiger charge is 2.13. The fourth-order valence-corrected chi connectivity index (χ4v) is 2.62. The van der Waals surface area contributed by atoms with E-state index in [0.717, 1.165) is 11.2 Å². The standard InChI is InChI=1S/C15H16N2/c1-10(2)17-14-9-4-3-6-11(14)12-7-5-8-13(16)15(12)17/h3-10H,16H2,1-2H3. The SMILES string of the molecule is CC(C)n1c2ccccc2c2cccc(N)c21. The molecule has 86 valence electrons. The summed E-state index contributed by atoms with van der Waals surface area (Å²) in [5.41, 5.74) is 9.41. The second kappa shape index (κ2) is 3.52. The third kappa shape index (κ3) is 1.34. The Morgan fingerprint density at radius 1 is 0.941 bits per heavy atom. The molecule has 1 heterocycles. The van der Waals surface area contributed by atoms with Crippen molar-refractivity contribution in [3.63, 3.8) is 0 Å². The summed E-state index contributed by atoms with van der Waals surface area (Å²) in [6, 6.07) is 15.0. The molecule has 0 radical (unpaired) electrons. The van der Waals surface area contributed by atoms with Crippen LogP contribution in [-0.2, 0) is 0 Å². The van der Waals surface area contributed by atoms with Crippen molar-refractivity contribution in [1.29, 1.82) is 0 Å². The Morgan fingerprint density at radius 2 is 1.65 bits per heavy atom. The molecule has 0 unspecified atom stereocenters. The fourth-order valence-electron chi connectivity index (χ4n) is 2.62. The molecule has 0 atom stereocenters. The second-order valence-electron chi connectivity index (χ2n) is 4.72. The first-order valence-electron chi connectivity index (χ1n) is 5.97. The van der Waals surface area contributed by atoms with E-state index in [9.17, 15) is 0 Å². The van der Waals surface area contributed by atoms with Gasteiger partial charge < -0.3 is 10.3 Å². The van der Waals surface area contributed by atoms with Gasteiger partial charge >= 0.3 is 0 Å². The maximum Gasteiger partial charge on any atom is 0.0727 e. The van der Waals surface area contributed by atoms with Crippen molar-refractivity contribution in [2.75, 3.05) is 5.73 Å². The van der Waals surface area contributed by atoms with Gasteiger partial charge in [-0.2, -0.15) is 0 Å². The minimum absolute atomic E-state index is 0.405. The van der Waals surface area contributed by atoms with Gasteiger partial charge in [0.1, 0.15) is 0 Å². The molecular weight excluding hydrogens is 208 g/mol. The first-order chi connectivity index (χ1) is 8.20. The highest BCUT2D eigenvalue weighted by Crippen LogP contribution is 2.34. The number of nitrogen functional groups attached to an aromatic ring is 1. The topological polar surface area (TPSA) is 30.9 Å². The summed E-state index contributed by atoms with van der Waals surface area (Å²) in [6.45, 7) is 4.39. The van der Waals surface area contributed by atoms with Crippen LogP contribution in [-0.4, -0.2) is 4.57 Å². The van der Waals surface area contributed by atoms with Crippen LogP contribution in [0.5, 0.6) is 0 Å². The molecule has 2 N–H and O–H groups in total. The average Bonchev–Trinajstić information content (AvgIpc) is 2.65. The van der Waals surface area contributed by atoms with Crippen LogP contribution in [0.15, 0.2) is 42.5 Å². The van der Waals surface area contributed by atoms with Crippen molar-refractivity contribution in [2.24, 2.45) is 0 Å². The lowest BCUT2D eigenvalue weighted by Gasteiger charge is -2.12. The van der Waals surface area contributed by atoms with E-state index in [-0.39, 0.29) is 0 Å². The lowest BCUT2D eigenvalue weighted by Crippen LogP contribution is -2.01. The molecule has 0 amide bonds. The smallest absolute Gasteiger partial charge is 0.0727 e. The lowest BCUT2D eigenvalue weighted by molar-refractivity contribution is 0.643. The van der Waals surface area contributed by atoms with Gasteiger partial charge in [0.15, 0.2) is 0 Å². The van der Waals surface area contributed by atoms with Crippen molar-refractivity contribution >= 4 is 27.5 Å². The van der Waals surface area contributed by atoms with E-state index in [2.05, 4.69) is 48.7 Å². The second-order valence-corrected chi connectivity index (χ2v) is 4.72. The number of anilines is 1. The molecule has 2 aromatic carbocycles. The van der Waals surface area contributed by atoms with Gasteiger partial charge in [-0.15, -0.1) is 0 Å². The summed E-state index contributed by atoms with van der Waals surface area (Å²) in [5, 5.41) is 2.53. The predicted molar refractivity (Wildman–Crippen MR) is 74.2 cm³/mol. The van der Waals surface area contributed by atoms with Crippen molar-refractivity contribution in [3.05, 3.63) is 42.5 Å². The summed E-state index contributed by atoms with van der Waals surface area (Å²) in [7, 11) is 0. The molecule has 1 aromatic heterocycles. The Kier molecular flexibility index (Phi) is 2.11. The molecule has 0 spiro atoms. The Hall–Kier alpha value is -1.96. The number of nitrogens with two attached hydrogens (primary N) is 1. The van der Waals surface area contributed by atoms with Crippen LogP contribution in [0, 0.1) is 0 Å². The quantitative estimate of drug-likeness (QED) is 0.623. The van der Waals surface area contributed by atoms with E-state index in [0.29, 0.717) is 6.04 Å². The summed E-state index contributed by atoms with van der Waals surface area (Å²) in [4.78, 5) is 0. The number of hydrogen-bond acceptors (Lipinski definition) is 1. The predicted octanol–water partition coefficient (Wildman–Crippen LogP) is 3.96. The van der Waals surface area contributed by atoms with Crippen LogP contribution in [0.1, 0.15) is 19.9 Å². The number of benzene rings is 2. The number of aromatic nitrogens is 1. The molecule has 3 aromatic rings. The van der Waals surface area contributed by atoms with Crippen molar-refractivity contribution in [3.8, 4) is 0 Å². The first kappa shape index (κ1) is 10.2. The molecule has 2 heteroatoms. The van der Waals surface area contributed by atoms with Gasteiger partial charge in [-0.25, -0.2) is 0 Å². The van der Waals surface area contributed by atoms with Gasteiger partial charge in [-0.05, 0) is 26.0 Å². The highest BCUT2D eigenvalue weighted by molar-refractivity contribution is 6.11. The monoisotopic (exact) mass is 224 g/mol. The maximum atomic E-state index is 6.14. The normalized spacial score (nSPS) is 11.7. The number of nitrogens with zero attached hydrogens (tertiary/aromatic N) is 1. The molecule has 3 rings (SSSR count). The van der Waals surface area contributed by atoms with Crippen molar-refractivity contribution in [2.45, 2.75) is 19.9 Å². The lowest BCUT2D eigenvalue weighted by atomic mass is 10.1. The fraction of sp³-hybridized carbons (Fsp3) is 0.200. The Morgan fingerprint density at radius 3 is 2.41 bits per heavy atom. The van der Waals surface area contributed by atoms with Crippen molar-refractivity contribution < 1.29 is 0 Å². The van der Waals surface area contributed by atoms with Crippen LogP contribution in [0.2, 0.25) is 0 Å². The summed E-state index contributed by atoms with van der Waals surface area (Å²) >= 11 is 0. The number of fused-ring (bicyclic) bond motifs is 3. The highest BCUT2D eigenvalue weighted by atomic mass is 15.0. The molecule has 0 saturated carbocycles. The zero-order valence-corrected chi connectivity index (χ0v) is 10.1. The van der Waals surface area contributed by atoms with Gasteiger partial charge in [0.2, 0.25) is 0 Å². The molecule has 17 heavy (non-hydrogen) atoms. The number of rotatable bonds is 1. The van der Waals surface area contributed by atoms with Crippen molar-refractivity contribution in [1.82, 2.24) is 4.57 Å². The van der Waals surface area contributed by atoms with Gasteiger partial charge in [0, 0.05) is 22.3 Å². The third-order valence-electron chi connectivity index (χ3n) is 3.28. The van der Waals surface area contributed by atoms with E-state index < -0.39 is 0 Å². The van der Waals surface area contributed by atoms with Crippen LogP contribution in [0.4, 0.5) is 5.69 Å². The first-order valence-corrected chi connectivity index (χ1v) is 5.97. The summed E-state index contributed by atoms with van der Waals surface area (Å²) in [5.74, 6) is 0. The Bertz CT molecular complexity index is 693. The molecule has 0 fully saturated rings. The third-order valence-corrected chi connectivity index (χ3v) is 3.28. The van der Waals surface area contributed by atoms with Gasteiger partial charge in [0.25, 0.3) is 0 Å². The molecular formula is C15H16N2. The Balaban J connectivity index is 2.63. The molecule has 2 nitrogen and oxygen atoms in total. The summed E-state index contributed by atoms with van der Waals surface area (Å²) in [6.07, 6.45) is 0. The van der Waals surface area contributed by atoms with E-state index >= 15 is 0 Å². The number of hydrogen-bond donors (Lipinski definition) is 1. The summed E-state index contributed by atoms with van der Waals surface area (Å²) < 4.78 is 2.32. The molecule has 0 bridgehead atoms. The van der Waals surface area contributed by atoms with Gasteiger partial charge in [-0.3, -0.25) is 0 Å². The minimum atomic E-state index is 0.405. The largest absolute Gasteiger partial charge is 0.397 e. The zero-order chi connectivity index (χ0) is 12.0. The van der Waals surface area contributed by atoms with E-state index in [4.69, 9.17) is 5.73 Å². The van der Waals surface area contributed by atoms with E-state index in [1.807, 2.05) is 12.1 Å². The van der Waals surface area contributed by atoms with E-state index in [1.54, 1.807) is 0 Å². The van der Waals surface area contributed by atoms with Crippen LogP contribution < -0.4 is 5.73 Å². The molecule has 0 saturated heterocycles. The van der Waals surface area contributed by atoms with Gasteiger partial charge in [0.05, 0.1) is 11.2 Å². The molecule has 0 aliphatic heterocycles. The molecule has 0 aliphatic rings. The zero-order valence-electron chi connectivity index (χ0n) is 10.1. The van der Waals surface area contributed by atoms with E-state index in [1.165, 1.54) is 16.3 Å². The minimum Gasteiger partial charge on any atom is -0.397 e.